The van der Waals surface area contributed by atoms with Crippen LogP contribution >= 0.6 is 0 Å². The van der Waals surface area contributed by atoms with E-state index in [4.69, 9.17) is 14.2 Å². The van der Waals surface area contributed by atoms with Gasteiger partial charge in [-0.15, -0.1) is 0 Å². The third-order valence-corrected chi connectivity index (χ3v) is 11.9. The van der Waals surface area contributed by atoms with Gasteiger partial charge in [-0.3, -0.25) is 14.4 Å². The fourth-order valence-corrected chi connectivity index (χ4v) is 7.81. The minimum absolute atomic E-state index is 0.0831. The number of carbonyl (C=O) groups is 3. The Morgan fingerprint density at radius 2 is 0.597 bits per heavy atom. The van der Waals surface area contributed by atoms with Crippen LogP contribution in [0.15, 0.2) is 36.5 Å². The number of rotatable bonds is 49. The fraction of sp³-hybridized carbons (Fsp3) is 0.839. The van der Waals surface area contributed by atoms with E-state index in [2.05, 4.69) is 57.2 Å². The van der Waals surface area contributed by atoms with Crippen LogP contribution in [0.5, 0.6) is 0 Å². The lowest BCUT2D eigenvalue weighted by Gasteiger charge is -2.18. The number of hydrogen-bond donors (Lipinski definition) is 0. The van der Waals surface area contributed by atoms with Crippen molar-refractivity contribution in [2.45, 2.75) is 290 Å². The van der Waals surface area contributed by atoms with E-state index in [1.807, 2.05) is 0 Å². The molecule has 0 aromatic carbocycles. The molecule has 0 fully saturated rings. The average Bonchev–Trinajstić information content (AvgIpc) is 3.27. The zero-order chi connectivity index (χ0) is 45.1. The van der Waals surface area contributed by atoms with Crippen LogP contribution < -0.4 is 0 Å². The van der Waals surface area contributed by atoms with E-state index in [0.29, 0.717) is 25.7 Å². The van der Waals surface area contributed by atoms with Gasteiger partial charge in [0.05, 0.1) is 0 Å². The van der Waals surface area contributed by atoms with Crippen LogP contribution in [0.1, 0.15) is 284 Å². The summed E-state index contributed by atoms with van der Waals surface area (Å²) in [5.74, 6) is -0.924. The molecule has 0 spiro atoms. The molecule has 0 aromatic heterocycles. The maximum absolute atomic E-state index is 12.8. The second-order valence-corrected chi connectivity index (χ2v) is 18.2. The van der Waals surface area contributed by atoms with Gasteiger partial charge in [-0.05, 0) is 51.4 Å². The van der Waals surface area contributed by atoms with Gasteiger partial charge in [-0.25, -0.2) is 0 Å². The molecule has 0 amide bonds. The third-order valence-electron chi connectivity index (χ3n) is 11.9. The molecule has 0 saturated carbocycles. The lowest BCUT2D eigenvalue weighted by atomic mass is 10.0. The Morgan fingerprint density at radius 1 is 0.323 bits per heavy atom. The molecule has 0 aliphatic rings. The standard InChI is InChI=1S/C56H102O6/c1-4-7-10-13-16-19-22-25-27-28-29-32-34-37-40-43-46-49-55(58)61-52-53(51-60-54(57)48-45-42-39-36-33-30-24-21-18-15-12-9-6-3)62-56(59)50-47-44-41-38-35-31-26-23-20-17-14-11-8-5-2/h25,27,29,32,37,40,53H,4-24,26,28,30-31,33-36,38-39,41-52H2,1-3H3/b27-25-,32-29-,40-37-. The molecule has 0 heterocycles. The van der Waals surface area contributed by atoms with E-state index in [0.717, 1.165) is 57.8 Å². The van der Waals surface area contributed by atoms with Gasteiger partial charge < -0.3 is 14.2 Å². The summed E-state index contributed by atoms with van der Waals surface area (Å²) < 4.78 is 16.8. The van der Waals surface area contributed by atoms with Crippen molar-refractivity contribution in [3.63, 3.8) is 0 Å². The van der Waals surface area contributed by atoms with Gasteiger partial charge >= 0.3 is 17.9 Å². The molecule has 0 saturated heterocycles. The molecule has 362 valence electrons. The second kappa shape index (κ2) is 51.3. The summed E-state index contributed by atoms with van der Waals surface area (Å²) in [7, 11) is 0. The Hall–Kier alpha value is -2.37. The van der Waals surface area contributed by atoms with Gasteiger partial charge in [0, 0.05) is 19.3 Å². The summed E-state index contributed by atoms with van der Waals surface area (Å²) in [4.78, 5) is 38.0. The smallest absolute Gasteiger partial charge is 0.306 e. The third kappa shape index (κ3) is 48.7. The van der Waals surface area contributed by atoms with Gasteiger partial charge in [0.25, 0.3) is 0 Å². The molecule has 0 bridgehead atoms. The second-order valence-electron chi connectivity index (χ2n) is 18.2. The first-order chi connectivity index (χ1) is 30.5. The molecule has 0 aromatic rings. The highest BCUT2D eigenvalue weighted by Crippen LogP contribution is 2.16. The van der Waals surface area contributed by atoms with E-state index in [-0.39, 0.29) is 31.1 Å². The fourth-order valence-electron chi connectivity index (χ4n) is 7.81. The van der Waals surface area contributed by atoms with Crippen LogP contribution in [0.2, 0.25) is 0 Å². The summed E-state index contributed by atoms with van der Waals surface area (Å²) in [6, 6.07) is 0. The van der Waals surface area contributed by atoms with E-state index >= 15 is 0 Å². The van der Waals surface area contributed by atoms with Crippen LogP contribution in [0.25, 0.3) is 0 Å². The predicted octanol–water partition coefficient (Wildman–Crippen LogP) is 17.7. The Morgan fingerprint density at radius 3 is 0.968 bits per heavy atom. The number of allylic oxidation sites excluding steroid dienone is 6. The predicted molar refractivity (Wildman–Crippen MR) is 266 cm³/mol. The maximum atomic E-state index is 12.8. The Bertz CT molecular complexity index is 1050. The number of esters is 3. The molecule has 0 aliphatic heterocycles. The quantitative estimate of drug-likeness (QED) is 0.0262. The molecule has 0 rings (SSSR count). The lowest BCUT2D eigenvalue weighted by Crippen LogP contribution is -2.30. The number of carbonyl (C=O) groups excluding carboxylic acids is 3. The highest BCUT2D eigenvalue weighted by atomic mass is 16.6. The summed E-state index contributed by atoms with van der Waals surface area (Å²) in [6.45, 7) is 6.62. The van der Waals surface area contributed by atoms with Crippen LogP contribution in [0.4, 0.5) is 0 Å². The van der Waals surface area contributed by atoms with Crippen molar-refractivity contribution >= 4 is 17.9 Å². The highest BCUT2D eigenvalue weighted by molar-refractivity contribution is 5.71. The summed E-state index contributed by atoms with van der Waals surface area (Å²) in [6.07, 6.45) is 59.9. The number of ether oxygens (including phenoxy) is 3. The zero-order valence-electron chi connectivity index (χ0n) is 41.4. The van der Waals surface area contributed by atoms with Crippen molar-refractivity contribution in [3.05, 3.63) is 36.5 Å². The molecular formula is C56H102O6. The first-order valence-electron chi connectivity index (χ1n) is 27.0. The van der Waals surface area contributed by atoms with E-state index in [1.165, 1.54) is 180 Å². The molecule has 6 heteroatoms. The molecule has 0 aliphatic carbocycles. The van der Waals surface area contributed by atoms with Crippen molar-refractivity contribution < 1.29 is 28.6 Å². The van der Waals surface area contributed by atoms with Crippen molar-refractivity contribution in [1.29, 1.82) is 0 Å². The number of unbranched alkanes of at least 4 members (excludes halogenated alkanes) is 32. The molecule has 6 nitrogen and oxygen atoms in total. The number of hydrogen-bond acceptors (Lipinski definition) is 6. The SMILES string of the molecule is CCCCCCCC/C=C\C/C=C\C/C=C\CCCC(=O)OCC(COC(=O)CCCCCCCCCCCCCCC)OC(=O)CCCCCCCCCCCCCCCC. The molecule has 1 atom stereocenters. The van der Waals surface area contributed by atoms with E-state index < -0.39 is 6.10 Å². The van der Waals surface area contributed by atoms with E-state index in [9.17, 15) is 14.4 Å². The largest absolute Gasteiger partial charge is 0.462 e. The summed E-state index contributed by atoms with van der Waals surface area (Å²) in [5.41, 5.74) is 0. The van der Waals surface area contributed by atoms with Gasteiger partial charge in [-0.2, -0.15) is 0 Å². The molecular weight excluding hydrogens is 769 g/mol. The van der Waals surface area contributed by atoms with Crippen molar-refractivity contribution in [3.8, 4) is 0 Å². The Kier molecular flexibility index (Phi) is 49.3. The topological polar surface area (TPSA) is 78.9 Å². The van der Waals surface area contributed by atoms with Crippen molar-refractivity contribution in [1.82, 2.24) is 0 Å². The Labute approximate surface area is 385 Å². The van der Waals surface area contributed by atoms with Crippen LogP contribution in [-0.4, -0.2) is 37.2 Å². The maximum Gasteiger partial charge on any atom is 0.306 e. The molecule has 0 radical (unpaired) electrons. The monoisotopic (exact) mass is 871 g/mol. The van der Waals surface area contributed by atoms with Gasteiger partial charge in [0.2, 0.25) is 0 Å². The summed E-state index contributed by atoms with van der Waals surface area (Å²) in [5, 5.41) is 0. The van der Waals surface area contributed by atoms with Crippen LogP contribution in [0, 0.1) is 0 Å². The lowest BCUT2D eigenvalue weighted by molar-refractivity contribution is -0.167. The molecule has 0 N–H and O–H groups in total. The van der Waals surface area contributed by atoms with Crippen molar-refractivity contribution in [2.75, 3.05) is 13.2 Å². The first kappa shape index (κ1) is 59.6. The minimum atomic E-state index is -0.786. The normalized spacial score (nSPS) is 12.2. The van der Waals surface area contributed by atoms with Gasteiger partial charge in [0.1, 0.15) is 13.2 Å². The molecule has 62 heavy (non-hydrogen) atoms. The van der Waals surface area contributed by atoms with Gasteiger partial charge in [-0.1, -0.05) is 250 Å². The molecule has 1 unspecified atom stereocenters. The highest BCUT2D eigenvalue weighted by Gasteiger charge is 2.19. The minimum Gasteiger partial charge on any atom is -0.462 e. The average molecular weight is 871 g/mol. The van der Waals surface area contributed by atoms with E-state index in [1.54, 1.807) is 0 Å². The Balaban J connectivity index is 4.41. The summed E-state index contributed by atoms with van der Waals surface area (Å²) >= 11 is 0. The first-order valence-corrected chi connectivity index (χ1v) is 27.0. The van der Waals surface area contributed by atoms with Crippen molar-refractivity contribution in [2.24, 2.45) is 0 Å². The van der Waals surface area contributed by atoms with Crippen LogP contribution in [-0.2, 0) is 28.6 Å². The van der Waals surface area contributed by atoms with Crippen LogP contribution in [0.3, 0.4) is 0 Å². The zero-order valence-corrected chi connectivity index (χ0v) is 41.4. The van der Waals surface area contributed by atoms with Gasteiger partial charge in [0.15, 0.2) is 6.10 Å².